The molecule has 0 aromatic heterocycles. The molecule has 1 amide bonds. The molecule has 0 radical (unpaired) electrons. The van der Waals surface area contributed by atoms with E-state index < -0.39 is 28.0 Å². The van der Waals surface area contributed by atoms with Crippen LogP contribution in [0.15, 0.2) is 53.4 Å². The van der Waals surface area contributed by atoms with Crippen LogP contribution in [0.4, 0.5) is 5.69 Å². The van der Waals surface area contributed by atoms with Crippen molar-refractivity contribution in [3.05, 3.63) is 59.1 Å². The highest BCUT2D eigenvalue weighted by atomic mass is 35.5. The van der Waals surface area contributed by atoms with Gasteiger partial charge in [0.2, 0.25) is 10.0 Å². The van der Waals surface area contributed by atoms with Gasteiger partial charge in [-0.3, -0.25) is 9.59 Å². The number of carbonyl (C=O) groups excluding carboxylic acids is 2. The first-order chi connectivity index (χ1) is 13.2. The summed E-state index contributed by atoms with van der Waals surface area (Å²) in [4.78, 5) is 24.0. The molecular formula is C19H21ClN2O5S. The van der Waals surface area contributed by atoms with E-state index in [1.54, 1.807) is 18.2 Å². The minimum atomic E-state index is -3.79. The molecule has 150 valence electrons. The fourth-order valence-corrected chi connectivity index (χ4v) is 3.59. The standard InChI is InChI=1S/C19H21ClN2O5S/c1-13-6-3-4-9-17(13)22-19(24)14(2)27-18(23)10-11-21-28(25,26)16-8-5-7-15(20)12-16/h3-9,12,14,21H,10-11H2,1-2H3,(H,22,24). The number of halogens is 1. The third kappa shape index (κ3) is 6.33. The summed E-state index contributed by atoms with van der Waals surface area (Å²) in [6.07, 6.45) is -1.24. The lowest BCUT2D eigenvalue weighted by molar-refractivity contribution is -0.152. The maximum absolute atomic E-state index is 12.1. The van der Waals surface area contributed by atoms with Crippen molar-refractivity contribution in [1.29, 1.82) is 0 Å². The van der Waals surface area contributed by atoms with Crippen LogP contribution in [0.25, 0.3) is 0 Å². The molecule has 0 aliphatic rings. The van der Waals surface area contributed by atoms with Gasteiger partial charge in [-0.1, -0.05) is 35.9 Å². The molecule has 0 heterocycles. The summed E-state index contributed by atoms with van der Waals surface area (Å²) >= 11 is 5.79. The van der Waals surface area contributed by atoms with Crippen molar-refractivity contribution >= 4 is 39.2 Å². The van der Waals surface area contributed by atoms with Gasteiger partial charge in [0.1, 0.15) is 0 Å². The molecule has 0 fully saturated rings. The van der Waals surface area contributed by atoms with E-state index in [0.717, 1.165) is 5.56 Å². The smallest absolute Gasteiger partial charge is 0.307 e. The molecular weight excluding hydrogens is 404 g/mol. The van der Waals surface area contributed by atoms with E-state index in [2.05, 4.69) is 10.0 Å². The third-order valence-electron chi connectivity index (χ3n) is 3.81. The molecule has 0 saturated heterocycles. The van der Waals surface area contributed by atoms with Gasteiger partial charge in [-0.25, -0.2) is 13.1 Å². The molecule has 0 saturated carbocycles. The third-order valence-corrected chi connectivity index (χ3v) is 5.50. The summed E-state index contributed by atoms with van der Waals surface area (Å²) < 4.78 is 31.6. The summed E-state index contributed by atoms with van der Waals surface area (Å²) in [6, 6.07) is 13.0. The second-order valence-electron chi connectivity index (χ2n) is 6.04. The number of benzene rings is 2. The number of esters is 1. The number of carbonyl (C=O) groups is 2. The van der Waals surface area contributed by atoms with Crippen molar-refractivity contribution in [1.82, 2.24) is 4.72 Å². The Morgan fingerprint density at radius 1 is 1.14 bits per heavy atom. The van der Waals surface area contributed by atoms with Crippen LogP contribution >= 0.6 is 11.6 Å². The molecule has 2 aromatic carbocycles. The highest BCUT2D eigenvalue weighted by Gasteiger charge is 2.19. The monoisotopic (exact) mass is 424 g/mol. The number of amides is 1. The number of hydrogen-bond donors (Lipinski definition) is 2. The van der Waals surface area contributed by atoms with Gasteiger partial charge in [-0.05, 0) is 43.7 Å². The van der Waals surface area contributed by atoms with E-state index in [1.165, 1.54) is 25.1 Å². The Bertz CT molecular complexity index is 962. The van der Waals surface area contributed by atoms with E-state index in [-0.39, 0.29) is 22.9 Å². The Balaban J connectivity index is 1.81. The Hall–Kier alpha value is -2.42. The number of para-hydroxylation sites is 1. The van der Waals surface area contributed by atoms with Gasteiger partial charge >= 0.3 is 5.97 Å². The van der Waals surface area contributed by atoms with Gasteiger partial charge in [0.15, 0.2) is 6.10 Å². The van der Waals surface area contributed by atoms with Crippen LogP contribution in [0.3, 0.4) is 0 Å². The van der Waals surface area contributed by atoms with Crippen LogP contribution in [-0.2, 0) is 24.3 Å². The summed E-state index contributed by atoms with van der Waals surface area (Å²) in [6.45, 7) is 3.12. The SMILES string of the molecule is Cc1ccccc1NC(=O)C(C)OC(=O)CCNS(=O)(=O)c1cccc(Cl)c1. The number of hydrogen-bond acceptors (Lipinski definition) is 5. The van der Waals surface area contributed by atoms with Crippen molar-refractivity contribution in [2.75, 3.05) is 11.9 Å². The lowest BCUT2D eigenvalue weighted by Crippen LogP contribution is -2.32. The average Bonchev–Trinajstić information content (AvgIpc) is 2.63. The van der Waals surface area contributed by atoms with Gasteiger partial charge in [0.25, 0.3) is 5.91 Å². The van der Waals surface area contributed by atoms with Crippen LogP contribution in [-0.4, -0.2) is 32.9 Å². The minimum Gasteiger partial charge on any atom is -0.452 e. The van der Waals surface area contributed by atoms with E-state index in [4.69, 9.17) is 16.3 Å². The predicted molar refractivity (Wildman–Crippen MR) is 107 cm³/mol. The predicted octanol–water partition coefficient (Wildman–Crippen LogP) is 2.89. The Morgan fingerprint density at radius 2 is 1.86 bits per heavy atom. The summed E-state index contributed by atoms with van der Waals surface area (Å²) in [5.41, 5.74) is 1.51. The lowest BCUT2D eigenvalue weighted by Gasteiger charge is -2.15. The first-order valence-electron chi connectivity index (χ1n) is 8.50. The van der Waals surface area contributed by atoms with Crippen LogP contribution in [0.2, 0.25) is 5.02 Å². The summed E-state index contributed by atoms with van der Waals surface area (Å²) in [7, 11) is -3.79. The van der Waals surface area contributed by atoms with Crippen LogP contribution in [0, 0.1) is 6.92 Å². The second kappa shape index (κ2) is 9.68. The fourth-order valence-electron chi connectivity index (χ4n) is 2.26. The molecule has 2 aromatic rings. The molecule has 0 aliphatic heterocycles. The number of anilines is 1. The van der Waals surface area contributed by atoms with E-state index in [1.807, 2.05) is 19.1 Å². The quantitative estimate of drug-likeness (QED) is 0.634. The minimum absolute atomic E-state index is 0.000607. The fraction of sp³-hybridized carbons (Fsp3) is 0.263. The number of rotatable bonds is 8. The summed E-state index contributed by atoms with van der Waals surface area (Å²) in [5.74, 6) is -1.16. The van der Waals surface area contributed by atoms with Crippen molar-refractivity contribution in [2.24, 2.45) is 0 Å². The molecule has 0 aliphatic carbocycles. The highest BCUT2D eigenvalue weighted by Crippen LogP contribution is 2.15. The summed E-state index contributed by atoms with van der Waals surface area (Å²) in [5, 5.41) is 2.97. The van der Waals surface area contributed by atoms with Crippen molar-refractivity contribution in [3.63, 3.8) is 0 Å². The normalized spacial score (nSPS) is 12.2. The topological polar surface area (TPSA) is 102 Å². The molecule has 0 spiro atoms. The number of sulfonamides is 1. The number of nitrogens with one attached hydrogen (secondary N) is 2. The van der Waals surface area contributed by atoms with Crippen molar-refractivity contribution in [2.45, 2.75) is 31.3 Å². The molecule has 0 bridgehead atoms. The molecule has 2 rings (SSSR count). The zero-order valence-electron chi connectivity index (χ0n) is 15.4. The van der Waals surface area contributed by atoms with Gasteiger partial charge in [0, 0.05) is 17.3 Å². The zero-order valence-corrected chi connectivity index (χ0v) is 17.0. The molecule has 7 nitrogen and oxygen atoms in total. The number of ether oxygens (including phenoxy) is 1. The first-order valence-corrected chi connectivity index (χ1v) is 10.4. The Morgan fingerprint density at radius 3 is 2.54 bits per heavy atom. The van der Waals surface area contributed by atoms with Gasteiger partial charge < -0.3 is 10.1 Å². The van der Waals surface area contributed by atoms with Crippen LogP contribution in [0.1, 0.15) is 18.9 Å². The Labute approximate surface area is 169 Å². The number of aryl methyl sites for hydroxylation is 1. The van der Waals surface area contributed by atoms with Gasteiger partial charge in [0.05, 0.1) is 11.3 Å². The van der Waals surface area contributed by atoms with E-state index >= 15 is 0 Å². The average molecular weight is 425 g/mol. The van der Waals surface area contributed by atoms with Gasteiger partial charge in [-0.15, -0.1) is 0 Å². The highest BCUT2D eigenvalue weighted by molar-refractivity contribution is 7.89. The molecule has 28 heavy (non-hydrogen) atoms. The molecule has 2 N–H and O–H groups in total. The van der Waals surface area contributed by atoms with E-state index in [0.29, 0.717) is 5.69 Å². The van der Waals surface area contributed by atoms with Crippen molar-refractivity contribution in [3.8, 4) is 0 Å². The largest absolute Gasteiger partial charge is 0.452 e. The van der Waals surface area contributed by atoms with Crippen LogP contribution in [0.5, 0.6) is 0 Å². The van der Waals surface area contributed by atoms with E-state index in [9.17, 15) is 18.0 Å². The van der Waals surface area contributed by atoms with Crippen LogP contribution < -0.4 is 10.0 Å². The molecule has 9 heteroatoms. The lowest BCUT2D eigenvalue weighted by atomic mass is 10.2. The first kappa shape index (κ1) is 21.9. The van der Waals surface area contributed by atoms with Gasteiger partial charge in [-0.2, -0.15) is 0 Å². The Kier molecular flexibility index (Phi) is 7.56. The molecule has 1 atom stereocenters. The molecule has 1 unspecified atom stereocenters. The second-order valence-corrected chi connectivity index (χ2v) is 8.24. The zero-order chi connectivity index (χ0) is 20.7. The van der Waals surface area contributed by atoms with Crippen molar-refractivity contribution < 1.29 is 22.7 Å². The maximum atomic E-state index is 12.1. The maximum Gasteiger partial charge on any atom is 0.307 e.